The van der Waals surface area contributed by atoms with Crippen LogP contribution in [-0.2, 0) is 12.8 Å². The molecule has 0 atom stereocenters. The first-order valence-electron chi connectivity index (χ1n) is 12.0. The Kier molecular flexibility index (Phi) is 9.55. The average Bonchev–Trinajstić information content (AvgIpc) is 2.84. The summed E-state index contributed by atoms with van der Waals surface area (Å²) in [4.78, 5) is 21.4. The number of unbranched alkanes of at least 4 members (excludes halogenated alkanes) is 5. The van der Waals surface area contributed by atoms with Crippen molar-refractivity contribution in [2.24, 2.45) is 0 Å². The first kappa shape index (κ1) is 24.6. The third-order valence-corrected chi connectivity index (χ3v) is 5.67. The van der Waals surface area contributed by atoms with Crippen molar-refractivity contribution in [1.29, 1.82) is 0 Å². The molecule has 0 aliphatic rings. The number of esters is 1. The van der Waals surface area contributed by atoms with E-state index in [-0.39, 0.29) is 5.75 Å². The Bertz CT molecular complexity index is 1020. The Balaban J connectivity index is 1.58. The van der Waals surface area contributed by atoms with Crippen LogP contribution in [0.25, 0.3) is 11.4 Å². The van der Waals surface area contributed by atoms with Crippen molar-refractivity contribution < 1.29 is 13.9 Å². The fourth-order valence-corrected chi connectivity index (χ4v) is 3.66. The zero-order valence-electron chi connectivity index (χ0n) is 19.6. The molecule has 1 heterocycles. The van der Waals surface area contributed by atoms with Crippen molar-refractivity contribution in [3.8, 4) is 17.1 Å². The monoisotopic (exact) mass is 448 g/mol. The molecule has 0 spiro atoms. The first-order chi connectivity index (χ1) is 16.1. The van der Waals surface area contributed by atoms with Gasteiger partial charge < -0.3 is 4.74 Å². The van der Waals surface area contributed by atoms with E-state index in [0.717, 1.165) is 55.2 Å². The molecule has 1 aromatic heterocycles. The highest BCUT2D eigenvalue weighted by Crippen LogP contribution is 2.22. The van der Waals surface area contributed by atoms with Crippen LogP contribution in [0, 0.1) is 5.82 Å². The summed E-state index contributed by atoms with van der Waals surface area (Å²) in [5.74, 6) is -0.558. The van der Waals surface area contributed by atoms with E-state index in [1.54, 1.807) is 24.3 Å². The highest BCUT2D eigenvalue weighted by molar-refractivity contribution is 5.91. The Hall–Kier alpha value is -3.08. The normalized spacial score (nSPS) is 10.9. The largest absolute Gasteiger partial charge is 0.420 e. The maximum absolute atomic E-state index is 14.4. The number of carbonyl (C=O) groups is 1. The molecule has 0 unspecified atom stereocenters. The van der Waals surface area contributed by atoms with Gasteiger partial charge in [-0.1, -0.05) is 64.2 Å². The van der Waals surface area contributed by atoms with E-state index >= 15 is 0 Å². The average molecular weight is 449 g/mol. The molecule has 0 amide bonds. The van der Waals surface area contributed by atoms with E-state index in [9.17, 15) is 9.18 Å². The molecule has 3 rings (SSSR count). The summed E-state index contributed by atoms with van der Waals surface area (Å²) in [5, 5.41) is 0. The second-order valence-electron chi connectivity index (χ2n) is 8.41. The van der Waals surface area contributed by atoms with E-state index in [4.69, 9.17) is 4.74 Å². The number of rotatable bonds is 12. The molecule has 0 saturated carbocycles. The van der Waals surface area contributed by atoms with Gasteiger partial charge >= 0.3 is 5.97 Å². The second kappa shape index (κ2) is 12.8. The molecule has 0 radical (unpaired) electrons. The number of carbonyl (C=O) groups excluding carboxylic acids is 1. The van der Waals surface area contributed by atoms with Crippen LogP contribution in [-0.4, -0.2) is 15.9 Å². The molecule has 0 fully saturated rings. The highest BCUT2D eigenvalue weighted by Gasteiger charge is 2.13. The van der Waals surface area contributed by atoms with Gasteiger partial charge in [0.05, 0.1) is 5.56 Å². The van der Waals surface area contributed by atoms with Crippen molar-refractivity contribution >= 4 is 5.97 Å². The number of aryl methyl sites for hydroxylation is 2. The zero-order valence-corrected chi connectivity index (χ0v) is 19.6. The van der Waals surface area contributed by atoms with Gasteiger partial charge in [-0.05, 0) is 61.1 Å². The van der Waals surface area contributed by atoms with Gasteiger partial charge in [-0.3, -0.25) is 0 Å². The summed E-state index contributed by atoms with van der Waals surface area (Å²) in [6.45, 7) is 4.34. The Morgan fingerprint density at radius 2 is 1.45 bits per heavy atom. The molecule has 0 aliphatic carbocycles. The van der Waals surface area contributed by atoms with Gasteiger partial charge in [-0.25, -0.2) is 19.2 Å². The van der Waals surface area contributed by atoms with Crippen molar-refractivity contribution in [1.82, 2.24) is 9.97 Å². The molecule has 3 aromatic rings. The van der Waals surface area contributed by atoms with Gasteiger partial charge in [-0.2, -0.15) is 0 Å². The third-order valence-electron chi connectivity index (χ3n) is 5.67. The van der Waals surface area contributed by atoms with E-state index in [1.165, 1.54) is 31.4 Å². The van der Waals surface area contributed by atoms with Gasteiger partial charge in [-0.15, -0.1) is 0 Å². The number of hydrogen-bond acceptors (Lipinski definition) is 4. The lowest BCUT2D eigenvalue weighted by molar-refractivity contribution is 0.0728. The molecule has 0 N–H and O–H groups in total. The minimum absolute atomic E-state index is 0.0545. The number of halogens is 1. The van der Waals surface area contributed by atoms with Crippen molar-refractivity contribution in [2.45, 2.75) is 71.6 Å². The summed E-state index contributed by atoms with van der Waals surface area (Å²) in [6, 6.07) is 11.6. The van der Waals surface area contributed by atoms with Crippen molar-refractivity contribution in [2.75, 3.05) is 0 Å². The topological polar surface area (TPSA) is 52.1 Å². The summed E-state index contributed by atoms with van der Waals surface area (Å²) < 4.78 is 19.7. The lowest BCUT2D eigenvalue weighted by Crippen LogP contribution is -2.09. The molecule has 174 valence electrons. The maximum Gasteiger partial charge on any atom is 0.343 e. The van der Waals surface area contributed by atoms with E-state index in [0.29, 0.717) is 11.4 Å². The molecular weight excluding hydrogens is 415 g/mol. The minimum atomic E-state index is -0.595. The second-order valence-corrected chi connectivity index (χ2v) is 8.41. The van der Waals surface area contributed by atoms with Crippen LogP contribution in [0.4, 0.5) is 4.39 Å². The lowest BCUT2D eigenvalue weighted by Gasteiger charge is -2.08. The maximum atomic E-state index is 14.4. The van der Waals surface area contributed by atoms with Crippen LogP contribution < -0.4 is 4.74 Å². The number of hydrogen-bond donors (Lipinski definition) is 0. The molecule has 4 nitrogen and oxygen atoms in total. The minimum Gasteiger partial charge on any atom is -0.420 e. The Morgan fingerprint density at radius 1 is 0.818 bits per heavy atom. The third kappa shape index (κ3) is 7.48. The Labute approximate surface area is 196 Å². The number of ether oxygens (including phenoxy) is 1. The summed E-state index contributed by atoms with van der Waals surface area (Å²) in [7, 11) is 0. The predicted molar refractivity (Wildman–Crippen MR) is 130 cm³/mol. The van der Waals surface area contributed by atoms with E-state index in [1.807, 2.05) is 18.5 Å². The SMILES string of the molecule is CCCCCCc1cnc(-c2ccc(C(=O)Oc3ccc(CCCCC)cc3F)cc2)nc1. The van der Waals surface area contributed by atoms with Crippen LogP contribution in [0.1, 0.15) is 80.3 Å². The summed E-state index contributed by atoms with van der Waals surface area (Å²) in [6.07, 6.45) is 13.6. The number of nitrogens with zero attached hydrogens (tertiary/aromatic N) is 2. The smallest absolute Gasteiger partial charge is 0.343 e. The van der Waals surface area contributed by atoms with Crippen LogP contribution in [0.2, 0.25) is 0 Å². The standard InChI is InChI=1S/C28H33FN2O2/c1-3-5-7-9-11-22-19-30-27(31-20-22)23-13-15-24(16-14-23)28(32)33-26-17-12-21(18-25(26)29)10-8-6-4-2/h12-20H,3-11H2,1-2H3. The lowest BCUT2D eigenvalue weighted by atomic mass is 10.1. The van der Waals surface area contributed by atoms with Gasteiger partial charge in [0.1, 0.15) is 0 Å². The quantitative estimate of drug-likeness (QED) is 0.165. The van der Waals surface area contributed by atoms with Gasteiger partial charge in [0.25, 0.3) is 0 Å². The molecular formula is C28H33FN2O2. The molecule has 0 aliphatic heterocycles. The molecule has 2 aromatic carbocycles. The van der Waals surface area contributed by atoms with Crippen LogP contribution in [0.15, 0.2) is 54.9 Å². The van der Waals surface area contributed by atoms with Gasteiger partial charge in [0, 0.05) is 18.0 Å². The fraction of sp³-hybridized carbons (Fsp3) is 0.393. The van der Waals surface area contributed by atoms with E-state index in [2.05, 4.69) is 23.8 Å². The first-order valence-corrected chi connectivity index (χ1v) is 12.0. The summed E-state index contributed by atoms with van der Waals surface area (Å²) in [5.41, 5.74) is 3.20. The highest BCUT2D eigenvalue weighted by atomic mass is 19.1. The predicted octanol–water partition coefficient (Wildman–Crippen LogP) is 7.36. The molecule has 5 heteroatoms. The number of benzene rings is 2. The fourth-order valence-electron chi connectivity index (χ4n) is 3.66. The molecule has 33 heavy (non-hydrogen) atoms. The Morgan fingerprint density at radius 3 is 2.12 bits per heavy atom. The van der Waals surface area contributed by atoms with Gasteiger partial charge in [0.2, 0.25) is 0 Å². The summed E-state index contributed by atoms with van der Waals surface area (Å²) >= 11 is 0. The zero-order chi connectivity index (χ0) is 23.5. The van der Waals surface area contributed by atoms with Crippen LogP contribution in [0.3, 0.4) is 0 Å². The van der Waals surface area contributed by atoms with Crippen LogP contribution >= 0.6 is 0 Å². The van der Waals surface area contributed by atoms with Gasteiger partial charge in [0.15, 0.2) is 17.4 Å². The van der Waals surface area contributed by atoms with E-state index < -0.39 is 11.8 Å². The molecule has 0 bridgehead atoms. The van der Waals surface area contributed by atoms with Crippen molar-refractivity contribution in [3.63, 3.8) is 0 Å². The van der Waals surface area contributed by atoms with Crippen LogP contribution in [0.5, 0.6) is 5.75 Å². The number of aromatic nitrogens is 2. The molecule has 0 saturated heterocycles. The van der Waals surface area contributed by atoms with Crippen molar-refractivity contribution in [3.05, 3.63) is 77.4 Å².